The highest BCUT2D eigenvalue weighted by Crippen LogP contribution is 2.31. The predicted molar refractivity (Wildman–Crippen MR) is 79.6 cm³/mol. The number of carbonyl (C=O) groups excluding carboxylic acids is 1. The van der Waals surface area contributed by atoms with E-state index in [9.17, 15) is 9.90 Å². The van der Waals surface area contributed by atoms with Gasteiger partial charge in [-0.15, -0.1) is 0 Å². The minimum absolute atomic E-state index is 0.0543. The van der Waals surface area contributed by atoms with Gasteiger partial charge in [0, 0.05) is 24.7 Å². The van der Waals surface area contributed by atoms with Crippen molar-refractivity contribution in [2.45, 2.75) is 31.4 Å². The fourth-order valence-electron chi connectivity index (χ4n) is 2.78. The highest BCUT2D eigenvalue weighted by Gasteiger charge is 2.31. The van der Waals surface area contributed by atoms with Crippen molar-refractivity contribution in [3.8, 4) is 0 Å². The lowest BCUT2D eigenvalue weighted by molar-refractivity contribution is -0.122. The molecule has 1 aliphatic rings. The molecule has 2 atom stereocenters. The molecule has 0 bridgehead atoms. The molecule has 0 fully saturated rings. The van der Waals surface area contributed by atoms with E-state index < -0.39 is 6.10 Å². The number of benzene rings is 1. The maximum atomic E-state index is 12.1. The Morgan fingerprint density at radius 1 is 1.24 bits per heavy atom. The number of aliphatic hydroxyl groups excluding tert-OH is 1. The summed E-state index contributed by atoms with van der Waals surface area (Å²) >= 11 is 0. The van der Waals surface area contributed by atoms with Crippen LogP contribution in [0.25, 0.3) is 0 Å². The number of aryl methyl sites for hydroxylation is 1. The molecule has 0 saturated heterocycles. The van der Waals surface area contributed by atoms with Gasteiger partial charge >= 0.3 is 0 Å². The van der Waals surface area contributed by atoms with Gasteiger partial charge in [-0.25, -0.2) is 0 Å². The molecule has 0 spiro atoms. The summed E-state index contributed by atoms with van der Waals surface area (Å²) in [7, 11) is 0. The summed E-state index contributed by atoms with van der Waals surface area (Å²) in [6.45, 7) is 0. The van der Waals surface area contributed by atoms with Crippen molar-refractivity contribution >= 4 is 5.91 Å². The largest absolute Gasteiger partial charge is 0.390 e. The maximum absolute atomic E-state index is 12.1. The Morgan fingerprint density at radius 2 is 2.05 bits per heavy atom. The normalized spacial score (nSPS) is 20.0. The zero-order valence-corrected chi connectivity index (χ0v) is 11.7. The van der Waals surface area contributed by atoms with E-state index in [-0.39, 0.29) is 11.9 Å². The number of amides is 1. The summed E-state index contributed by atoms with van der Waals surface area (Å²) < 4.78 is 0. The number of rotatable bonds is 4. The first-order valence-electron chi connectivity index (χ1n) is 7.19. The number of aliphatic hydroxyl groups is 1. The molecule has 4 nitrogen and oxygen atoms in total. The van der Waals surface area contributed by atoms with Crippen molar-refractivity contribution in [1.29, 1.82) is 0 Å². The van der Waals surface area contributed by atoms with Crippen LogP contribution < -0.4 is 5.32 Å². The van der Waals surface area contributed by atoms with Crippen molar-refractivity contribution < 1.29 is 9.90 Å². The van der Waals surface area contributed by atoms with E-state index in [2.05, 4.69) is 10.3 Å². The average molecular weight is 282 g/mol. The molecular formula is C17H18N2O2. The second kappa shape index (κ2) is 6.06. The highest BCUT2D eigenvalue weighted by atomic mass is 16.3. The standard InChI is InChI=1S/C17H18N2O2/c20-15-11-12-5-1-2-7-14(12)17(15)19-16(21)9-8-13-6-3-4-10-18-13/h1-7,10,15,17,20H,8-9,11H2,(H,19,21)/t15-,17+/m0/s1. The number of hydrogen-bond acceptors (Lipinski definition) is 3. The van der Waals surface area contributed by atoms with Gasteiger partial charge in [-0.1, -0.05) is 30.3 Å². The molecule has 0 aliphatic heterocycles. The van der Waals surface area contributed by atoms with E-state index >= 15 is 0 Å². The van der Waals surface area contributed by atoms with Crippen molar-refractivity contribution in [3.05, 3.63) is 65.5 Å². The molecule has 0 radical (unpaired) electrons. The second-order valence-corrected chi connectivity index (χ2v) is 5.34. The summed E-state index contributed by atoms with van der Waals surface area (Å²) in [5.41, 5.74) is 3.04. The Kier molecular flexibility index (Phi) is 3.97. The molecule has 3 rings (SSSR count). The molecule has 1 aliphatic carbocycles. The van der Waals surface area contributed by atoms with Crippen LogP contribution in [0.2, 0.25) is 0 Å². The summed E-state index contributed by atoms with van der Waals surface area (Å²) in [6.07, 6.45) is 2.77. The van der Waals surface area contributed by atoms with Crippen molar-refractivity contribution in [2.24, 2.45) is 0 Å². The van der Waals surface area contributed by atoms with E-state index in [4.69, 9.17) is 0 Å². The van der Waals surface area contributed by atoms with E-state index in [0.29, 0.717) is 19.3 Å². The Balaban J connectivity index is 1.60. The SMILES string of the molecule is O=C(CCc1ccccn1)N[C@@H]1c2ccccc2C[C@@H]1O. The smallest absolute Gasteiger partial charge is 0.220 e. The van der Waals surface area contributed by atoms with Gasteiger partial charge in [-0.05, 0) is 29.7 Å². The highest BCUT2D eigenvalue weighted by molar-refractivity contribution is 5.77. The van der Waals surface area contributed by atoms with Crippen LogP contribution in [0.3, 0.4) is 0 Å². The topological polar surface area (TPSA) is 62.2 Å². The lowest BCUT2D eigenvalue weighted by atomic mass is 10.1. The number of pyridine rings is 1. The number of aromatic nitrogens is 1. The quantitative estimate of drug-likeness (QED) is 0.898. The molecule has 21 heavy (non-hydrogen) atoms. The molecule has 1 aromatic carbocycles. The fourth-order valence-corrected chi connectivity index (χ4v) is 2.78. The Bertz CT molecular complexity index is 628. The fraction of sp³-hybridized carbons (Fsp3) is 0.294. The lowest BCUT2D eigenvalue weighted by Crippen LogP contribution is -2.34. The minimum Gasteiger partial charge on any atom is -0.390 e. The molecule has 1 amide bonds. The van der Waals surface area contributed by atoms with E-state index in [0.717, 1.165) is 16.8 Å². The van der Waals surface area contributed by atoms with Crippen LogP contribution in [0.1, 0.15) is 29.3 Å². The van der Waals surface area contributed by atoms with Crippen molar-refractivity contribution in [2.75, 3.05) is 0 Å². The summed E-state index contributed by atoms with van der Waals surface area (Å²) in [5, 5.41) is 13.1. The van der Waals surface area contributed by atoms with Crippen LogP contribution in [0.5, 0.6) is 0 Å². The third kappa shape index (κ3) is 3.11. The second-order valence-electron chi connectivity index (χ2n) is 5.34. The zero-order valence-electron chi connectivity index (χ0n) is 11.7. The Hall–Kier alpha value is -2.20. The van der Waals surface area contributed by atoms with Crippen LogP contribution in [0, 0.1) is 0 Å². The van der Waals surface area contributed by atoms with Crippen LogP contribution >= 0.6 is 0 Å². The number of nitrogens with one attached hydrogen (secondary N) is 1. The van der Waals surface area contributed by atoms with Crippen LogP contribution in [-0.4, -0.2) is 22.1 Å². The van der Waals surface area contributed by atoms with E-state index in [1.807, 2.05) is 42.5 Å². The number of nitrogens with zero attached hydrogens (tertiary/aromatic N) is 1. The van der Waals surface area contributed by atoms with Gasteiger partial charge in [0.2, 0.25) is 5.91 Å². The average Bonchev–Trinajstić information content (AvgIpc) is 2.82. The van der Waals surface area contributed by atoms with Gasteiger partial charge in [-0.2, -0.15) is 0 Å². The minimum atomic E-state index is -0.541. The predicted octanol–water partition coefficient (Wildman–Crippen LogP) is 1.79. The molecule has 1 aromatic heterocycles. The molecule has 108 valence electrons. The molecule has 1 heterocycles. The van der Waals surface area contributed by atoms with Crippen LogP contribution in [-0.2, 0) is 17.6 Å². The van der Waals surface area contributed by atoms with Crippen LogP contribution in [0.4, 0.5) is 0 Å². The third-order valence-corrected chi connectivity index (χ3v) is 3.85. The first kappa shape index (κ1) is 13.8. The number of carbonyl (C=O) groups is 1. The lowest BCUT2D eigenvalue weighted by Gasteiger charge is -2.17. The summed E-state index contributed by atoms with van der Waals surface area (Å²) in [4.78, 5) is 16.3. The summed E-state index contributed by atoms with van der Waals surface area (Å²) in [5.74, 6) is -0.0543. The van der Waals surface area contributed by atoms with E-state index in [1.54, 1.807) is 6.20 Å². The number of fused-ring (bicyclic) bond motifs is 1. The summed E-state index contributed by atoms with van der Waals surface area (Å²) in [6, 6.07) is 13.2. The first-order valence-corrected chi connectivity index (χ1v) is 7.19. The van der Waals surface area contributed by atoms with Gasteiger partial charge in [0.05, 0.1) is 12.1 Å². The van der Waals surface area contributed by atoms with Crippen molar-refractivity contribution in [1.82, 2.24) is 10.3 Å². The molecule has 2 N–H and O–H groups in total. The molecule has 0 saturated carbocycles. The monoisotopic (exact) mass is 282 g/mol. The van der Waals surface area contributed by atoms with Crippen LogP contribution in [0.15, 0.2) is 48.7 Å². The Labute approximate surface area is 123 Å². The molecule has 2 aromatic rings. The molecular weight excluding hydrogens is 264 g/mol. The van der Waals surface area contributed by atoms with Crippen molar-refractivity contribution in [3.63, 3.8) is 0 Å². The van der Waals surface area contributed by atoms with Gasteiger partial charge in [0.15, 0.2) is 0 Å². The van der Waals surface area contributed by atoms with E-state index in [1.165, 1.54) is 0 Å². The van der Waals surface area contributed by atoms with Gasteiger partial charge in [0.1, 0.15) is 0 Å². The Morgan fingerprint density at radius 3 is 2.86 bits per heavy atom. The van der Waals surface area contributed by atoms with Gasteiger partial charge in [-0.3, -0.25) is 9.78 Å². The third-order valence-electron chi connectivity index (χ3n) is 3.85. The molecule has 0 unspecified atom stereocenters. The maximum Gasteiger partial charge on any atom is 0.220 e. The van der Waals surface area contributed by atoms with Gasteiger partial charge < -0.3 is 10.4 Å². The number of hydrogen-bond donors (Lipinski definition) is 2. The first-order chi connectivity index (χ1) is 10.2. The zero-order chi connectivity index (χ0) is 14.7. The molecule has 4 heteroatoms. The van der Waals surface area contributed by atoms with Gasteiger partial charge in [0.25, 0.3) is 0 Å².